The van der Waals surface area contributed by atoms with Crippen molar-refractivity contribution in [3.8, 4) is 5.75 Å². The second-order valence-corrected chi connectivity index (χ2v) is 4.69. The molecule has 4 nitrogen and oxygen atoms in total. The molecule has 0 unspecified atom stereocenters. The van der Waals surface area contributed by atoms with Crippen LogP contribution in [0.15, 0.2) is 35.7 Å². The van der Waals surface area contributed by atoms with Crippen LogP contribution < -0.4 is 15.4 Å². The zero-order valence-corrected chi connectivity index (χ0v) is 11.0. The molecule has 0 spiro atoms. The summed E-state index contributed by atoms with van der Waals surface area (Å²) in [4.78, 5) is 14.4. The molecule has 2 aromatic rings. The Morgan fingerprint density at radius 1 is 1.39 bits per heavy atom. The summed E-state index contributed by atoms with van der Waals surface area (Å²) in [6, 6.07) is 9.07. The minimum absolute atomic E-state index is 0.115. The zero-order chi connectivity index (χ0) is 13.1. The first-order valence-electron chi connectivity index (χ1n) is 5.38. The van der Waals surface area contributed by atoms with Crippen molar-refractivity contribution in [3.05, 3.63) is 40.6 Å². The number of anilines is 2. The number of methoxy groups -OCH3 is 1. The van der Waals surface area contributed by atoms with Crippen LogP contribution in [0.3, 0.4) is 0 Å². The monoisotopic (exact) mass is 262 g/mol. The van der Waals surface area contributed by atoms with Crippen LogP contribution in [0.4, 0.5) is 11.4 Å². The van der Waals surface area contributed by atoms with E-state index in [0.717, 1.165) is 5.69 Å². The van der Waals surface area contributed by atoms with Crippen molar-refractivity contribution in [2.45, 2.75) is 0 Å². The standard InChI is InChI=1S/C13H14N2O2S/c1-15(9-4-3-5-10(8-9)17-2)13(16)12-11(14)6-7-18-12/h3-8H,14H2,1-2H3. The number of nitrogen functional groups attached to an aromatic ring is 1. The van der Waals surface area contributed by atoms with Gasteiger partial charge in [-0.1, -0.05) is 6.07 Å². The molecule has 1 aromatic heterocycles. The van der Waals surface area contributed by atoms with Crippen LogP contribution in [-0.4, -0.2) is 20.1 Å². The fourth-order valence-electron chi connectivity index (χ4n) is 1.58. The molecule has 0 fully saturated rings. The van der Waals surface area contributed by atoms with E-state index in [-0.39, 0.29) is 5.91 Å². The largest absolute Gasteiger partial charge is 0.497 e. The first-order valence-corrected chi connectivity index (χ1v) is 6.26. The van der Waals surface area contributed by atoms with Gasteiger partial charge in [-0.3, -0.25) is 4.79 Å². The summed E-state index contributed by atoms with van der Waals surface area (Å²) in [6.45, 7) is 0. The summed E-state index contributed by atoms with van der Waals surface area (Å²) in [5.41, 5.74) is 7.04. The average Bonchev–Trinajstić information content (AvgIpc) is 2.83. The number of hydrogen-bond donors (Lipinski definition) is 1. The summed E-state index contributed by atoms with van der Waals surface area (Å²) in [6.07, 6.45) is 0. The number of nitrogens with two attached hydrogens (primary N) is 1. The van der Waals surface area contributed by atoms with Crippen molar-refractivity contribution < 1.29 is 9.53 Å². The normalized spacial score (nSPS) is 10.1. The molecule has 0 aliphatic rings. The van der Waals surface area contributed by atoms with E-state index in [9.17, 15) is 4.79 Å². The molecule has 0 saturated carbocycles. The van der Waals surface area contributed by atoms with Crippen LogP contribution in [-0.2, 0) is 0 Å². The summed E-state index contributed by atoms with van der Waals surface area (Å²) in [5, 5.41) is 1.81. The van der Waals surface area contributed by atoms with E-state index in [1.165, 1.54) is 11.3 Å². The Morgan fingerprint density at radius 3 is 2.78 bits per heavy atom. The quantitative estimate of drug-likeness (QED) is 0.925. The number of benzene rings is 1. The highest BCUT2D eigenvalue weighted by atomic mass is 32.1. The molecular formula is C13H14N2O2S. The Balaban J connectivity index is 2.28. The lowest BCUT2D eigenvalue weighted by Gasteiger charge is -2.17. The Hall–Kier alpha value is -2.01. The first-order chi connectivity index (χ1) is 8.63. The van der Waals surface area contributed by atoms with Crippen LogP contribution in [0.2, 0.25) is 0 Å². The van der Waals surface area contributed by atoms with Crippen molar-refractivity contribution in [3.63, 3.8) is 0 Å². The van der Waals surface area contributed by atoms with Crippen LogP contribution in [0.1, 0.15) is 9.67 Å². The van der Waals surface area contributed by atoms with Gasteiger partial charge in [0, 0.05) is 18.8 Å². The summed E-state index contributed by atoms with van der Waals surface area (Å²) in [7, 11) is 3.31. The van der Waals surface area contributed by atoms with Crippen LogP contribution in [0.5, 0.6) is 5.75 Å². The maximum absolute atomic E-state index is 12.2. The second-order valence-electron chi connectivity index (χ2n) is 3.77. The number of thiophene rings is 1. The van der Waals surface area contributed by atoms with E-state index in [2.05, 4.69) is 0 Å². The molecule has 2 rings (SSSR count). The van der Waals surface area contributed by atoms with Gasteiger partial charge in [0.15, 0.2) is 0 Å². The van der Waals surface area contributed by atoms with Gasteiger partial charge in [-0.25, -0.2) is 0 Å². The molecule has 0 atom stereocenters. The highest BCUT2D eigenvalue weighted by Gasteiger charge is 2.17. The van der Waals surface area contributed by atoms with Crippen molar-refractivity contribution in [1.82, 2.24) is 0 Å². The van der Waals surface area contributed by atoms with Gasteiger partial charge in [0.25, 0.3) is 5.91 Å². The highest BCUT2D eigenvalue weighted by molar-refractivity contribution is 7.12. The van der Waals surface area contributed by atoms with E-state index in [1.807, 2.05) is 29.6 Å². The minimum atomic E-state index is -0.115. The third-order valence-electron chi connectivity index (χ3n) is 2.64. The minimum Gasteiger partial charge on any atom is -0.497 e. The topological polar surface area (TPSA) is 55.6 Å². The summed E-state index contributed by atoms with van der Waals surface area (Å²) < 4.78 is 5.14. The van der Waals surface area contributed by atoms with E-state index in [1.54, 1.807) is 25.1 Å². The van der Waals surface area contributed by atoms with Crippen LogP contribution >= 0.6 is 11.3 Å². The number of hydrogen-bond acceptors (Lipinski definition) is 4. The lowest BCUT2D eigenvalue weighted by Crippen LogP contribution is -2.26. The fraction of sp³-hybridized carbons (Fsp3) is 0.154. The van der Waals surface area contributed by atoms with Gasteiger partial charge in [-0.15, -0.1) is 11.3 Å². The average molecular weight is 262 g/mol. The van der Waals surface area contributed by atoms with Gasteiger partial charge < -0.3 is 15.4 Å². The third kappa shape index (κ3) is 2.31. The maximum Gasteiger partial charge on any atom is 0.270 e. The molecule has 1 amide bonds. The molecule has 94 valence electrons. The molecule has 0 saturated heterocycles. The molecule has 1 aromatic carbocycles. The summed E-state index contributed by atoms with van der Waals surface area (Å²) in [5.74, 6) is 0.599. The number of carbonyl (C=O) groups excluding carboxylic acids is 1. The lowest BCUT2D eigenvalue weighted by atomic mass is 10.2. The highest BCUT2D eigenvalue weighted by Crippen LogP contribution is 2.25. The predicted molar refractivity (Wildman–Crippen MR) is 74.5 cm³/mol. The van der Waals surface area contributed by atoms with Gasteiger partial charge >= 0.3 is 0 Å². The maximum atomic E-state index is 12.2. The molecule has 18 heavy (non-hydrogen) atoms. The molecule has 1 heterocycles. The Morgan fingerprint density at radius 2 is 2.17 bits per heavy atom. The number of ether oxygens (including phenoxy) is 1. The Labute approximate surface area is 110 Å². The summed E-state index contributed by atoms with van der Waals surface area (Å²) >= 11 is 1.34. The van der Waals surface area contributed by atoms with Crippen LogP contribution in [0, 0.1) is 0 Å². The molecule has 0 bridgehead atoms. The zero-order valence-electron chi connectivity index (χ0n) is 10.2. The lowest BCUT2D eigenvalue weighted by molar-refractivity contribution is 0.0997. The number of nitrogens with zero attached hydrogens (tertiary/aromatic N) is 1. The van der Waals surface area contributed by atoms with E-state index >= 15 is 0 Å². The first kappa shape index (κ1) is 12.4. The van der Waals surface area contributed by atoms with E-state index < -0.39 is 0 Å². The SMILES string of the molecule is COc1cccc(N(C)C(=O)c2sccc2N)c1. The van der Waals surface area contributed by atoms with E-state index in [4.69, 9.17) is 10.5 Å². The molecule has 0 radical (unpaired) electrons. The van der Waals surface area contributed by atoms with Crippen LogP contribution in [0.25, 0.3) is 0 Å². The van der Waals surface area contributed by atoms with Crippen molar-refractivity contribution >= 4 is 28.6 Å². The van der Waals surface area contributed by atoms with Crippen molar-refractivity contribution in [2.24, 2.45) is 0 Å². The molecule has 0 aliphatic heterocycles. The van der Waals surface area contributed by atoms with Gasteiger partial charge in [0.2, 0.25) is 0 Å². The third-order valence-corrected chi connectivity index (χ3v) is 3.55. The van der Waals surface area contributed by atoms with E-state index in [0.29, 0.717) is 16.3 Å². The van der Waals surface area contributed by atoms with Crippen molar-refractivity contribution in [1.29, 1.82) is 0 Å². The van der Waals surface area contributed by atoms with Crippen molar-refractivity contribution in [2.75, 3.05) is 24.8 Å². The van der Waals surface area contributed by atoms with Gasteiger partial charge in [-0.05, 0) is 23.6 Å². The Bertz CT molecular complexity index is 566. The second kappa shape index (κ2) is 5.10. The Kier molecular flexibility index (Phi) is 3.53. The fourth-order valence-corrected chi connectivity index (χ4v) is 2.37. The van der Waals surface area contributed by atoms with Gasteiger partial charge in [0.05, 0.1) is 12.8 Å². The molecular weight excluding hydrogens is 248 g/mol. The molecule has 0 aliphatic carbocycles. The predicted octanol–water partition coefficient (Wildman–Crippen LogP) is 2.62. The smallest absolute Gasteiger partial charge is 0.270 e. The molecule has 5 heteroatoms. The molecule has 2 N–H and O–H groups in total. The number of rotatable bonds is 3. The number of carbonyl (C=O) groups is 1. The van der Waals surface area contributed by atoms with Gasteiger partial charge in [-0.2, -0.15) is 0 Å². The number of amides is 1. The van der Waals surface area contributed by atoms with Gasteiger partial charge in [0.1, 0.15) is 10.6 Å².